The normalized spacial score (nSPS) is 15.8. The number of fused-ring (bicyclic) bond motifs is 1. The molecule has 3 aromatic rings. The number of hydrogen-bond acceptors (Lipinski definition) is 6. The van der Waals surface area contributed by atoms with Crippen LogP contribution in [0, 0.1) is 6.92 Å². The first-order chi connectivity index (χ1) is 13.9. The SMILES string of the molecule is Cc1cc(C(=O)N2CCNCC2c2cccnc2)nc2c1c(=O)n(C)c(=O)n2C.Cl.Cl. The molecule has 1 aliphatic heterocycles. The molecule has 0 radical (unpaired) electrons. The molecule has 9 nitrogen and oxygen atoms in total. The van der Waals surface area contributed by atoms with Gasteiger partial charge in [-0.05, 0) is 30.2 Å². The van der Waals surface area contributed by atoms with Gasteiger partial charge in [-0.2, -0.15) is 0 Å². The van der Waals surface area contributed by atoms with Crippen molar-refractivity contribution in [2.45, 2.75) is 13.0 Å². The lowest BCUT2D eigenvalue weighted by atomic mass is 10.0. The molecular formula is C20H24Cl2N6O3. The summed E-state index contributed by atoms with van der Waals surface area (Å²) in [6.07, 6.45) is 3.45. The van der Waals surface area contributed by atoms with Gasteiger partial charge >= 0.3 is 5.69 Å². The number of carbonyl (C=O) groups excluding carboxylic acids is 1. The van der Waals surface area contributed by atoms with Crippen molar-refractivity contribution in [3.05, 3.63) is 68.3 Å². The highest BCUT2D eigenvalue weighted by Gasteiger charge is 2.30. The third-order valence-corrected chi connectivity index (χ3v) is 5.40. The molecule has 0 spiro atoms. The number of aryl methyl sites for hydroxylation is 2. The van der Waals surface area contributed by atoms with E-state index in [1.54, 1.807) is 37.3 Å². The molecule has 166 valence electrons. The quantitative estimate of drug-likeness (QED) is 0.603. The largest absolute Gasteiger partial charge is 0.332 e. The van der Waals surface area contributed by atoms with Crippen molar-refractivity contribution in [1.82, 2.24) is 29.3 Å². The highest BCUT2D eigenvalue weighted by Crippen LogP contribution is 2.24. The molecular weight excluding hydrogens is 443 g/mol. The minimum absolute atomic E-state index is 0. The first kappa shape index (κ1) is 24.5. The minimum atomic E-state index is -0.477. The number of hydrogen-bond donors (Lipinski definition) is 1. The highest BCUT2D eigenvalue weighted by molar-refractivity contribution is 5.95. The van der Waals surface area contributed by atoms with Crippen molar-refractivity contribution in [3.8, 4) is 0 Å². The van der Waals surface area contributed by atoms with Crippen LogP contribution >= 0.6 is 24.8 Å². The lowest BCUT2D eigenvalue weighted by molar-refractivity contribution is 0.0628. The number of aromatic nitrogens is 4. The fourth-order valence-electron chi connectivity index (χ4n) is 3.81. The Morgan fingerprint density at radius 2 is 1.94 bits per heavy atom. The number of piperazine rings is 1. The molecule has 1 unspecified atom stereocenters. The van der Waals surface area contributed by atoms with Crippen LogP contribution in [-0.2, 0) is 14.1 Å². The van der Waals surface area contributed by atoms with Gasteiger partial charge in [0, 0.05) is 46.1 Å². The van der Waals surface area contributed by atoms with Gasteiger partial charge in [-0.25, -0.2) is 9.78 Å². The van der Waals surface area contributed by atoms with Gasteiger partial charge in [0.2, 0.25) is 0 Å². The molecule has 1 N–H and O–H groups in total. The van der Waals surface area contributed by atoms with E-state index >= 15 is 0 Å². The predicted molar refractivity (Wildman–Crippen MR) is 122 cm³/mol. The molecule has 1 aliphatic rings. The average molecular weight is 467 g/mol. The highest BCUT2D eigenvalue weighted by atomic mass is 35.5. The van der Waals surface area contributed by atoms with Crippen molar-refractivity contribution in [3.63, 3.8) is 0 Å². The number of nitrogens with one attached hydrogen (secondary N) is 1. The number of carbonyl (C=O) groups is 1. The second kappa shape index (κ2) is 9.59. The molecule has 1 amide bonds. The summed E-state index contributed by atoms with van der Waals surface area (Å²) in [6, 6.07) is 5.24. The zero-order valence-electron chi connectivity index (χ0n) is 17.4. The Morgan fingerprint density at radius 3 is 2.61 bits per heavy atom. The van der Waals surface area contributed by atoms with E-state index in [4.69, 9.17) is 0 Å². The van der Waals surface area contributed by atoms with E-state index in [1.807, 2.05) is 12.1 Å². The molecule has 0 saturated carbocycles. The zero-order chi connectivity index (χ0) is 20.7. The topological polar surface area (TPSA) is 102 Å². The summed E-state index contributed by atoms with van der Waals surface area (Å²) in [5.74, 6) is -0.238. The van der Waals surface area contributed by atoms with Crippen LogP contribution in [0.3, 0.4) is 0 Å². The molecule has 3 aromatic heterocycles. The van der Waals surface area contributed by atoms with Crippen molar-refractivity contribution in [2.24, 2.45) is 14.1 Å². The Balaban J connectivity index is 0.00000171. The van der Waals surface area contributed by atoms with E-state index in [0.717, 1.165) is 10.1 Å². The summed E-state index contributed by atoms with van der Waals surface area (Å²) in [4.78, 5) is 48.6. The van der Waals surface area contributed by atoms with Gasteiger partial charge in [0.05, 0.1) is 11.4 Å². The third kappa shape index (κ3) is 4.21. The molecule has 1 saturated heterocycles. The van der Waals surface area contributed by atoms with Gasteiger partial charge in [0.1, 0.15) is 11.3 Å². The number of rotatable bonds is 2. The molecule has 0 aliphatic carbocycles. The van der Waals surface area contributed by atoms with Crippen molar-refractivity contribution in [2.75, 3.05) is 19.6 Å². The van der Waals surface area contributed by atoms with E-state index < -0.39 is 11.2 Å². The molecule has 0 aromatic carbocycles. The van der Waals surface area contributed by atoms with Crippen LogP contribution in [0.1, 0.15) is 27.7 Å². The van der Waals surface area contributed by atoms with Crippen LogP contribution in [-0.4, -0.2) is 49.5 Å². The van der Waals surface area contributed by atoms with Crippen molar-refractivity contribution in [1.29, 1.82) is 0 Å². The summed E-state index contributed by atoms with van der Waals surface area (Å²) in [6.45, 7) is 3.56. The standard InChI is InChI=1S/C20H22N6O3.2ClH/c1-12-9-14(23-17-16(12)19(28)25(3)20(29)24(17)2)18(27)26-8-7-22-11-15(26)13-5-4-6-21-10-13;;/h4-6,9-10,15,22H,7-8,11H2,1-3H3;2*1H. The maximum absolute atomic E-state index is 13.4. The first-order valence-corrected chi connectivity index (χ1v) is 9.39. The minimum Gasteiger partial charge on any atom is -0.328 e. The zero-order valence-corrected chi connectivity index (χ0v) is 19.0. The van der Waals surface area contributed by atoms with Gasteiger partial charge in [0.25, 0.3) is 11.5 Å². The second-order valence-electron chi connectivity index (χ2n) is 7.23. The molecule has 31 heavy (non-hydrogen) atoms. The second-order valence-corrected chi connectivity index (χ2v) is 7.23. The number of pyridine rings is 2. The summed E-state index contributed by atoms with van der Waals surface area (Å²) >= 11 is 0. The van der Waals surface area contributed by atoms with Gasteiger partial charge in [-0.15, -0.1) is 24.8 Å². The van der Waals surface area contributed by atoms with E-state index in [-0.39, 0.29) is 48.1 Å². The first-order valence-electron chi connectivity index (χ1n) is 9.39. The van der Waals surface area contributed by atoms with Crippen molar-refractivity contribution < 1.29 is 4.79 Å². The van der Waals surface area contributed by atoms with E-state index in [1.165, 1.54) is 11.6 Å². The van der Waals surface area contributed by atoms with Crippen LogP contribution in [0.2, 0.25) is 0 Å². The molecule has 4 heterocycles. The van der Waals surface area contributed by atoms with E-state index in [9.17, 15) is 14.4 Å². The number of amides is 1. The summed E-state index contributed by atoms with van der Waals surface area (Å²) < 4.78 is 2.35. The maximum atomic E-state index is 13.4. The summed E-state index contributed by atoms with van der Waals surface area (Å²) in [7, 11) is 2.98. The smallest absolute Gasteiger partial charge is 0.328 e. The van der Waals surface area contributed by atoms with Crippen LogP contribution in [0.15, 0.2) is 40.2 Å². The van der Waals surface area contributed by atoms with Crippen LogP contribution < -0.4 is 16.6 Å². The fraction of sp³-hybridized carbons (Fsp3) is 0.350. The number of nitrogens with zero attached hydrogens (tertiary/aromatic N) is 5. The Morgan fingerprint density at radius 1 is 1.19 bits per heavy atom. The monoisotopic (exact) mass is 466 g/mol. The lowest BCUT2D eigenvalue weighted by Crippen LogP contribution is -2.49. The molecule has 1 fully saturated rings. The molecule has 0 bridgehead atoms. The van der Waals surface area contributed by atoms with Crippen LogP contribution in [0.5, 0.6) is 0 Å². The Hall–Kier alpha value is -2.75. The molecule has 4 rings (SSSR count). The molecule has 1 atom stereocenters. The van der Waals surface area contributed by atoms with Crippen molar-refractivity contribution >= 4 is 41.8 Å². The van der Waals surface area contributed by atoms with E-state index in [2.05, 4.69) is 15.3 Å². The molecule has 11 heteroatoms. The lowest BCUT2D eigenvalue weighted by Gasteiger charge is -2.36. The predicted octanol–water partition coefficient (Wildman–Crippen LogP) is 0.966. The Bertz CT molecular complexity index is 1230. The van der Waals surface area contributed by atoms with E-state index in [0.29, 0.717) is 30.6 Å². The van der Waals surface area contributed by atoms with Gasteiger partial charge < -0.3 is 10.2 Å². The Kier molecular flexibility index (Phi) is 7.58. The maximum Gasteiger partial charge on any atom is 0.332 e. The number of halogens is 2. The average Bonchev–Trinajstić information content (AvgIpc) is 2.75. The third-order valence-electron chi connectivity index (χ3n) is 5.40. The van der Waals surface area contributed by atoms with Gasteiger partial charge in [-0.3, -0.25) is 23.7 Å². The van der Waals surface area contributed by atoms with Crippen LogP contribution in [0.25, 0.3) is 11.0 Å². The fourth-order valence-corrected chi connectivity index (χ4v) is 3.81. The van der Waals surface area contributed by atoms with Gasteiger partial charge in [-0.1, -0.05) is 6.07 Å². The van der Waals surface area contributed by atoms with Crippen LogP contribution in [0.4, 0.5) is 0 Å². The van der Waals surface area contributed by atoms with Gasteiger partial charge in [0.15, 0.2) is 0 Å². The Labute approximate surface area is 190 Å². The summed E-state index contributed by atoms with van der Waals surface area (Å²) in [5.41, 5.74) is 1.09. The summed E-state index contributed by atoms with van der Waals surface area (Å²) in [5, 5.41) is 3.65.